The lowest BCUT2D eigenvalue weighted by molar-refractivity contribution is 0.0948. The van der Waals surface area contributed by atoms with Crippen LogP contribution in [-0.4, -0.2) is 43.4 Å². The molecular weight excluding hydrogens is 470 g/mol. The van der Waals surface area contributed by atoms with E-state index >= 15 is 0 Å². The van der Waals surface area contributed by atoms with Gasteiger partial charge in [-0.3, -0.25) is 4.79 Å². The van der Waals surface area contributed by atoms with E-state index in [0.717, 1.165) is 35.4 Å². The van der Waals surface area contributed by atoms with Crippen LogP contribution in [0.1, 0.15) is 35.1 Å². The number of para-hydroxylation sites is 2. The number of rotatable bonds is 12. The molecule has 0 bridgehead atoms. The Bertz CT molecular complexity index is 1320. The quantitative estimate of drug-likeness (QED) is 0.273. The first-order chi connectivity index (χ1) is 18.1. The molecular formula is C29H33N3O5. The first-order valence-corrected chi connectivity index (χ1v) is 12.3. The monoisotopic (exact) mass is 503 g/mol. The van der Waals surface area contributed by atoms with E-state index in [1.54, 1.807) is 12.1 Å². The Labute approximate surface area is 217 Å². The smallest absolute Gasteiger partial charge is 0.251 e. The second-order valence-electron chi connectivity index (χ2n) is 8.46. The van der Waals surface area contributed by atoms with Crippen molar-refractivity contribution in [2.45, 2.75) is 32.9 Å². The van der Waals surface area contributed by atoms with E-state index < -0.39 is 0 Å². The summed E-state index contributed by atoms with van der Waals surface area (Å²) in [5, 5.41) is 2.98. The molecule has 8 nitrogen and oxygen atoms in total. The van der Waals surface area contributed by atoms with Crippen LogP contribution in [0.2, 0.25) is 0 Å². The minimum Gasteiger partial charge on any atom is -0.494 e. The van der Waals surface area contributed by atoms with Crippen LogP contribution in [0.15, 0.2) is 60.7 Å². The molecule has 0 spiro atoms. The van der Waals surface area contributed by atoms with E-state index in [4.69, 9.17) is 23.9 Å². The third-order valence-electron chi connectivity index (χ3n) is 6.19. The van der Waals surface area contributed by atoms with Gasteiger partial charge in [-0.05, 0) is 54.8 Å². The highest BCUT2D eigenvalue weighted by molar-refractivity contribution is 5.95. The second kappa shape index (κ2) is 12.2. The Morgan fingerprint density at radius 2 is 1.65 bits per heavy atom. The predicted octanol–water partition coefficient (Wildman–Crippen LogP) is 5.02. The molecule has 0 unspecified atom stereocenters. The fourth-order valence-corrected chi connectivity index (χ4v) is 4.22. The van der Waals surface area contributed by atoms with Gasteiger partial charge in [-0.2, -0.15) is 0 Å². The highest BCUT2D eigenvalue weighted by atomic mass is 16.5. The molecule has 3 aromatic carbocycles. The number of nitrogens with zero attached hydrogens (tertiary/aromatic N) is 2. The summed E-state index contributed by atoms with van der Waals surface area (Å²) in [4.78, 5) is 17.8. The third-order valence-corrected chi connectivity index (χ3v) is 6.19. The van der Waals surface area contributed by atoms with Crippen LogP contribution in [0.4, 0.5) is 0 Å². The number of fused-ring (bicyclic) bond motifs is 1. The van der Waals surface area contributed by atoms with Crippen molar-refractivity contribution in [3.8, 4) is 23.0 Å². The standard InChI is InChI=1S/C29H33N3O5/c1-5-20-11-13-22(14-12-20)37-16-8-15-32-24-10-7-6-9-23(24)31-27(32)19-30-29(33)21-17-25(34-2)28(36-4)26(18-21)35-3/h6-7,9-14,17-18H,5,8,15-16,19H2,1-4H3,(H,30,33). The van der Waals surface area contributed by atoms with Crippen LogP contribution in [0.25, 0.3) is 11.0 Å². The van der Waals surface area contributed by atoms with Crippen LogP contribution < -0.4 is 24.3 Å². The van der Waals surface area contributed by atoms with Gasteiger partial charge in [-0.25, -0.2) is 4.98 Å². The summed E-state index contributed by atoms with van der Waals surface area (Å²) in [6.45, 7) is 3.69. The molecule has 4 aromatic rings. The minimum atomic E-state index is -0.267. The van der Waals surface area contributed by atoms with E-state index in [0.29, 0.717) is 36.0 Å². The van der Waals surface area contributed by atoms with Crippen LogP contribution in [0, 0.1) is 0 Å². The van der Waals surface area contributed by atoms with Crippen molar-refractivity contribution in [2.24, 2.45) is 0 Å². The van der Waals surface area contributed by atoms with Gasteiger partial charge < -0.3 is 28.8 Å². The highest BCUT2D eigenvalue weighted by Gasteiger charge is 2.18. The van der Waals surface area contributed by atoms with Gasteiger partial charge in [0.05, 0.1) is 45.5 Å². The van der Waals surface area contributed by atoms with Gasteiger partial charge in [-0.15, -0.1) is 0 Å². The number of ether oxygens (including phenoxy) is 4. The van der Waals surface area contributed by atoms with Gasteiger partial charge in [0.2, 0.25) is 5.75 Å². The first-order valence-electron chi connectivity index (χ1n) is 12.3. The lowest BCUT2D eigenvalue weighted by Crippen LogP contribution is -2.25. The molecule has 0 aliphatic rings. The summed E-state index contributed by atoms with van der Waals surface area (Å²) in [5.74, 6) is 2.65. The molecule has 37 heavy (non-hydrogen) atoms. The van der Waals surface area contributed by atoms with Gasteiger partial charge in [0.1, 0.15) is 11.6 Å². The molecule has 1 heterocycles. The molecule has 194 valence electrons. The Kier molecular flexibility index (Phi) is 8.51. The van der Waals surface area contributed by atoms with Crippen molar-refractivity contribution < 1.29 is 23.7 Å². The van der Waals surface area contributed by atoms with Gasteiger partial charge in [0.25, 0.3) is 5.91 Å². The summed E-state index contributed by atoms with van der Waals surface area (Å²) in [7, 11) is 4.56. The molecule has 0 fully saturated rings. The molecule has 8 heteroatoms. The molecule has 0 aliphatic carbocycles. The minimum absolute atomic E-state index is 0.267. The van der Waals surface area contributed by atoms with Crippen LogP contribution in [-0.2, 0) is 19.5 Å². The maximum atomic E-state index is 13.0. The van der Waals surface area contributed by atoms with Crippen molar-refractivity contribution in [1.82, 2.24) is 14.9 Å². The first kappa shape index (κ1) is 25.9. The summed E-state index contributed by atoms with van der Waals surface area (Å²) in [6.07, 6.45) is 1.80. The molecule has 0 radical (unpaired) electrons. The van der Waals surface area contributed by atoms with Crippen LogP contribution >= 0.6 is 0 Å². The van der Waals surface area contributed by atoms with Crippen LogP contribution in [0.5, 0.6) is 23.0 Å². The second-order valence-corrected chi connectivity index (χ2v) is 8.46. The van der Waals surface area contributed by atoms with Gasteiger partial charge >= 0.3 is 0 Å². The zero-order valence-corrected chi connectivity index (χ0v) is 21.7. The Balaban J connectivity index is 1.45. The lowest BCUT2D eigenvalue weighted by Gasteiger charge is -2.14. The molecule has 0 aliphatic heterocycles. The number of amides is 1. The lowest BCUT2D eigenvalue weighted by atomic mass is 10.1. The van der Waals surface area contributed by atoms with Gasteiger partial charge in [-0.1, -0.05) is 31.2 Å². The number of aromatic nitrogens is 2. The van der Waals surface area contributed by atoms with Gasteiger partial charge in [0, 0.05) is 12.1 Å². The largest absolute Gasteiger partial charge is 0.494 e. The molecule has 0 saturated heterocycles. The molecule has 1 amide bonds. The van der Waals surface area contributed by atoms with E-state index in [1.165, 1.54) is 26.9 Å². The summed E-state index contributed by atoms with van der Waals surface area (Å²) in [5.41, 5.74) is 3.59. The van der Waals surface area contributed by atoms with E-state index in [-0.39, 0.29) is 12.5 Å². The van der Waals surface area contributed by atoms with E-state index in [9.17, 15) is 4.79 Å². The normalized spacial score (nSPS) is 10.8. The van der Waals surface area contributed by atoms with Crippen molar-refractivity contribution in [2.75, 3.05) is 27.9 Å². The fraction of sp³-hybridized carbons (Fsp3) is 0.310. The molecule has 0 atom stereocenters. The average molecular weight is 504 g/mol. The number of nitrogens with one attached hydrogen (secondary N) is 1. The maximum absolute atomic E-state index is 13.0. The Hall–Kier alpha value is -4.20. The number of aryl methyl sites for hydroxylation is 2. The van der Waals surface area contributed by atoms with Crippen molar-refractivity contribution in [3.05, 3.63) is 77.6 Å². The Morgan fingerprint density at radius 3 is 2.30 bits per heavy atom. The zero-order chi connectivity index (χ0) is 26.2. The SMILES string of the molecule is CCc1ccc(OCCCn2c(CNC(=O)c3cc(OC)c(OC)c(OC)c3)nc3ccccc32)cc1. The fourth-order valence-electron chi connectivity index (χ4n) is 4.22. The van der Waals surface area contributed by atoms with E-state index in [1.807, 2.05) is 36.4 Å². The molecule has 1 aromatic heterocycles. The average Bonchev–Trinajstić information content (AvgIpc) is 3.30. The van der Waals surface area contributed by atoms with Crippen molar-refractivity contribution in [3.63, 3.8) is 0 Å². The topological polar surface area (TPSA) is 83.8 Å². The number of carbonyl (C=O) groups excluding carboxylic acids is 1. The third kappa shape index (κ3) is 5.97. The maximum Gasteiger partial charge on any atom is 0.251 e. The summed E-state index contributed by atoms with van der Waals surface area (Å²) in [6, 6.07) is 19.4. The molecule has 1 N–H and O–H groups in total. The number of benzene rings is 3. The Morgan fingerprint density at radius 1 is 0.946 bits per heavy atom. The predicted molar refractivity (Wildman–Crippen MR) is 143 cm³/mol. The number of carbonyl (C=O) groups is 1. The number of hydrogen-bond acceptors (Lipinski definition) is 6. The number of hydrogen-bond donors (Lipinski definition) is 1. The highest BCUT2D eigenvalue weighted by Crippen LogP contribution is 2.38. The van der Waals surface area contributed by atoms with E-state index in [2.05, 4.69) is 28.9 Å². The summed E-state index contributed by atoms with van der Waals surface area (Å²) >= 11 is 0. The van der Waals surface area contributed by atoms with Crippen molar-refractivity contribution in [1.29, 1.82) is 0 Å². The number of methoxy groups -OCH3 is 3. The van der Waals surface area contributed by atoms with Gasteiger partial charge in [0.15, 0.2) is 11.5 Å². The zero-order valence-electron chi connectivity index (χ0n) is 21.7. The number of imidazole rings is 1. The molecule has 0 saturated carbocycles. The summed E-state index contributed by atoms with van der Waals surface area (Å²) < 4.78 is 24.2. The van der Waals surface area contributed by atoms with Crippen LogP contribution in [0.3, 0.4) is 0 Å². The molecule has 4 rings (SSSR count). The van der Waals surface area contributed by atoms with Crippen molar-refractivity contribution >= 4 is 16.9 Å².